The maximum absolute atomic E-state index is 12.9. The molecule has 0 radical (unpaired) electrons. The lowest BCUT2D eigenvalue weighted by molar-refractivity contribution is -0.122. The van der Waals surface area contributed by atoms with Crippen LogP contribution in [0.1, 0.15) is 6.42 Å². The maximum atomic E-state index is 12.9. The number of benzene rings is 2. The summed E-state index contributed by atoms with van der Waals surface area (Å²) in [7, 11) is 1.68. The van der Waals surface area contributed by atoms with Crippen molar-refractivity contribution in [2.75, 3.05) is 43.7 Å². The molecular weight excluding hydrogens is 410 g/mol. The zero-order valence-corrected chi connectivity index (χ0v) is 17.9. The van der Waals surface area contributed by atoms with E-state index in [0.717, 1.165) is 23.1 Å². The highest BCUT2D eigenvalue weighted by Gasteiger charge is 2.35. The molecule has 2 aliphatic rings. The Balaban J connectivity index is 1.27. The van der Waals surface area contributed by atoms with E-state index in [0.29, 0.717) is 43.6 Å². The van der Waals surface area contributed by atoms with Crippen molar-refractivity contribution in [2.45, 2.75) is 13.0 Å². The Morgan fingerprint density at radius 1 is 1.12 bits per heavy atom. The first-order valence-corrected chi connectivity index (χ1v) is 10.7. The van der Waals surface area contributed by atoms with Crippen LogP contribution in [-0.4, -0.2) is 49.9 Å². The van der Waals surface area contributed by atoms with Gasteiger partial charge in [0.2, 0.25) is 11.8 Å². The number of anilines is 2. The minimum Gasteiger partial charge on any atom is -0.486 e. The van der Waals surface area contributed by atoms with Crippen LogP contribution in [0.3, 0.4) is 0 Å². The molecule has 0 bridgehead atoms. The van der Waals surface area contributed by atoms with Crippen LogP contribution >= 0.6 is 0 Å². The minimum absolute atomic E-state index is 0.0764. The molecule has 3 aromatic rings. The first kappa shape index (κ1) is 20.4. The number of methoxy groups -OCH3 is 1. The first-order valence-electron chi connectivity index (χ1n) is 10.7. The largest absolute Gasteiger partial charge is 0.486 e. The van der Waals surface area contributed by atoms with Crippen LogP contribution in [0.2, 0.25) is 0 Å². The van der Waals surface area contributed by atoms with Crippen molar-refractivity contribution in [3.8, 4) is 11.5 Å². The van der Waals surface area contributed by atoms with Gasteiger partial charge in [-0.2, -0.15) is 0 Å². The van der Waals surface area contributed by atoms with Gasteiger partial charge in [0.05, 0.1) is 12.5 Å². The Morgan fingerprint density at radius 2 is 1.97 bits per heavy atom. The van der Waals surface area contributed by atoms with Gasteiger partial charge in [0.1, 0.15) is 13.2 Å². The second-order valence-electron chi connectivity index (χ2n) is 8.00. The quantitative estimate of drug-likeness (QED) is 0.644. The molecule has 1 fully saturated rings. The normalized spacial score (nSPS) is 17.7. The van der Waals surface area contributed by atoms with Crippen molar-refractivity contribution in [1.82, 2.24) is 4.57 Å². The lowest BCUT2D eigenvalue weighted by Crippen LogP contribution is -2.28. The average molecular weight is 435 g/mol. The number of nitrogens with one attached hydrogen (secondary N) is 1. The fourth-order valence-electron chi connectivity index (χ4n) is 4.24. The molecule has 1 saturated heterocycles. The van der Waals surface area contributed by atoms with Crippen molar-refractivity contribution in [1.29, 1.82) is 0 Å². The van der Waals surface area contributed by atoms with Crippen LogP contribution in [0.25, 0.3) is 10.9 Å². The van der Waals surface area contributed by atoms with Crippen molar-refractivity contribution >= 4 is 34.1 Å². The number of carbonyl (C=O) groups excluding carboxylic acids is 2. The van der Waals surface area contributed by atoms with E-state index in [-0.39, 0.29) is 18.2 Å². The summed E-state index contributed by atoms with van der Waals surface area (Å²) in [5.74, 6) is 0.648. The molecule has 32 heavy (non-hydrogen) atoms. The number of rotatable bonds is 6. The van der Waals surface area contributed by atoms with E-state index in [1.54, 1.807) is 24.1 Å². The predicted octanol–water partition coefficient (Wildman–Crippen LogP) is 3.05. The molecule has 5 rings (SSSR count). The van der Waals surface area contributed by atoms with Crippen LogP contribution in [-0.2, 0) is 20.9 Å². The third-order valence-electron chi connectivity index (χ3n) is 5.91. The third-order valence-corrected chi connectivity index (χ3v) is 5.91. The molecule has 166 valence electrons. The number of ether oxygens (including phenoxy) is 3. The van der Waals surface area contributed by atoms with Gasteiger partial charge in [0, 0.05) is 61.2 Å². The van der Waals surface area contributed by atoms with Crippen molar-refractivity contribution < 1.29 is 23.8 Å². The molecule has 2 aromatic carbocycles. The van der Waals surface area contributed by atoms with E-state index in [1.165, 1.54) is 0 Å². The zero-order chi connectivity index (χ0) is 22.1. The first-order chi connectivity index (χ1) is 15.6. The van der Waals surface area contributed by atoms with Crippen molar-refractivity contribution in [2.24, 2.45) is 5.92 Å². The molecule has 3 heterocycles. The topological polar surface area (TPSA) is 82.0 Å². The van der Waals surface area contributed by atoms with E-state index in [2.05, 4.69) is 9.88 Å². The molecular formula is C24H25N3O5. The summed E-state index contributed by atoms with van der Waals surface area (Å²) in [6.07, 6.45) is 2.19. The third kappa shape index (κ3) is 3.89. The van der Waals surface area contributed by atoms with Crippen LogP contribution in [0.4, 0.5) is 11.4 Å². The van der Waals surface area contributed by atoms with Gasteiger partial charge in [-0.3, -0.25) is 9.59 Å². The summed E-state index contributed by atoms with van der Waals surface area (Å²) in [6, 6.07) is 13.3. The lowest BCUT2D eigenvalue weighted by atomic mass is 10.1. The Labute approximate surface area is 185 Å². The second kappa shape index (κ2) is 8.55. The molecule has 0 saturated carbocycles. The number of nitrogens with zero attached hydrogens (tertiary/aromatic N) is 2. The van der Waals surface area contributed by atoms with Gasteiger partial charge in [-0.05, 0) is 36.4 Å². The lowest BCUT2D eigenvalue weighted by Gasteiger charge is -2.22. The van der Waals surface area contributed by atoms with Crippen LogP contribution in [0, 0.1) is 5.92 Å². The highest BCUT2D eigenvalue weighted by Crippen LogP contribution is 2.36. The summed E-state index contributed by atoms with van der Waals surface area (Å²) in [4.78, 5) is 27.2. The average Bonchev–Trinajstić information content (AvgIpc) is 3.40. The monoisotopic (exact) mass is 435 g/mol. The van der Waals surface area contributed by atoms with Crippen molar-refractivity contribution in [3.05, 3.63) is 48.7 Å². The summed E-state index contributed by atoms with van der Waals surface area (Å²) in [5, 5.41) is 4.02. The van der Waals surface area contributed by atoms with Crippen molar-refractivity contribution in [3.63, 3.8) is 0 Å². The van der Waals surface area contributed by atoms with Crippen LogP contribution < -0.4 is 19.7 Å². The molecule has 0 spiro atoms. The van der Waals surface area contributed by atoms with E-state index < -0.39 is 5.92 Å². The van der Waals surface area contributed by atoms with E-state index in [4.69, 9.17) is 14.2 Å². The Bertz CT molecular complexity index is 1170. The van der Waals surface area contributed by atoms with Gasteiger partial charge in [-0.1, -0.05) is 0 Å². The van der Waals surface area contributed by atoms with Crippen LogP contribution in [0.5, 0.6) is 11.5 Å². The van der Waals surface area contributed by atoms with E-state index in [9.17, 15) is 9.59 Å². The number of amides is 2. The van der Waals surface area contributed by atoms with Gasteiger partial charge in [0.25, 0.3) is 0 Å². The molecule has 8 nitrogen and oxygen atoms in total. The molecule has 1 atom stereocenters. The predicted molar refractivity (Wildman–Crippen MR) is 120 cm³/mol. The second-order valence-corrected chi connectivity index (χ2v) is 8.00. The van der Waals surface area contributed by atoms with Gasteiger partial charge < -0.3 is 29.0 Å². The Hall–Kier alpha value is -3.52. The zero-order valence-electron chi connectivity index (χ0n) is 17.9. The molecule has 1 N–H and O–H groups in total. The minimum atomic E-state index is -0.419. The number of aromatic nitrogens is 1. The highest BCUT2D eigenvalue weighted by molar-refractivity contribution is 6.04. The molecule has 8 heteroatoms. The summed E-state index contributed by atoms with van der Waals surface area (Å²) >= 11 is 0. The molecule has 0 aliphatic carbocycles. The van der Waals surface area contributed by atoms with Gasteiger partial charge >= 0.3 is 0 Å². The molecule has 2 amide bonds. The summed E-state index contributed by atoms with van der Waals surface area (Å²) in [5.41, 5.74) is 2.52. The maximum Gasteiger partial charge on any atom is 0.229 e. The summed E-state index contributed by atoms with van der Waals surface area (Å²) < 4.78 is 18.4. The molecule has 1 unspecified atom stereocenters. The molecule has 2 aliphatic heterocycles. The smallest absolute Gasteiger partial charge is 0.229 e. The standard InChI is InChI=1S/C24H25N3O5/c1-30-9-8-26-7-6-16-12-18(2-4-20(16)26)25-24(29)17-13-23(28)27(15-17)19-3-5-21-22(14-19)32-11-10-31-21/h2-7,12,14,17H,8-11,13,15H2,1H3,(H,25,29). The Kier molecular flexibility index (Phi) is 5.45. The van der Waals surface area contributed by atoms with Gasteiger partial charge in [-0.15, -0.1) is 0 Å². The van der Waals surface area contributed by atoms with Crippen LogP contribution in [0.15, 0.2) is 48.7 Å². The van der Waals surface area contributed by atoms with E-state index >= 15 is 0 Å². The SMILES string of the molecule is COCCn1ccc2cc(NC(=O)C3CC(=O)N(c4ccc5c(c4)OCCO5)C3)ccc21. The van der Waals surface area contributed by atoms with Gasteiger partial charge in [-0.25, -0.2) is 0 Å². The van der Waals surface area contributed by atoms with Gasteiger partial charge in [0.15, 0.2) is 11.5 Å². The number of carbonyl (C=O) groups is 2. The number of hydrogen-bond donors (Lipinski definition) is 1. The summed E-state index contributed by atoms with van der Waals surface area (Å²) in [6.45, 7) is 2.74. The number of hydrogen-bond acceptors (Lipinski definition) is 5. The fraction of sp³-hybridized carbons (Fsp3) is 0.333. The highest BCUT2D eigenvalue weighted by atomic mass is 16.6. The molecule has 1 aromatic heterocycles. The van der Waals surface area contributed by atoms with E-state index in [1.807, 2.05) is 36.5 Å². The fourth-order valence-corrected chi connectivity index (χ4v) is 4.24. The number of fused-ring (bicyclic) bond motifs is 2. The Morgan fingerprint density at radius 3 is 2.81 bits per heavy atom.